The fraction of sp³-hybridized carbons (Fsp3) is 0.423. The number of hydrogen-bond donors (Lipinski definition) is 3. The Bertz CT molecular complexity index is 1500. The topological polar surface area (TPSA) is 147 Å². The lowest BCUT2D eigenvalue weighted by Gasteiger charge is -2.25. The van der Waals surface area contributed by atoms with Crippen molar-refractivity contribution in [3.8, 4) is 0 Å². The van der Waals surface area contributed by atoms with Gasteiger partial charge >= 0.3 is 12.1 Å². The van der Waals surface area contributed by atoms with Gasteiger partial charge in [-0.1, -0.05) is 23.4 Å². The number of carbonyl (C=O) groups is 2. The van der Waals surface area contributed by atoms with Gasteiger partial charge in [0.15, 0.2) is 0 Å². The molecule has 2 unspecified atom stereocenters. The Labute approximate surface area is 243 Å². The molecule has 1 amide bonds. The fourth-order valence-electron chi connectivity index (χ4n) is 4.83. The zero-order chi connectivity index (χ0) is 30.1. The normalized spacial score (nSPS) is 24.9. The molecule has 0 radical (unpaired) electrons. The van der Waals surface area contributed by atoms with Crippen LogP contribution >= 0.6 is 11.8 Å². The molecule has 1 aromatic rings. The monoisotopic (exact) mass is 628 g/mol. The van der Waals surface area contributed by atoms with Crippen LogP contribution in [0.2, 0.25) is 0 Å². The lowest BCUT2D eigenvalue weighted by molar-refractivity contribution is -0.140. The summed E-state index contributed by atoms with van der Waals surface area (Å²) in [4.78, 5) is 31.2. The summed E-state index contributed by atoms with van der Waals surface area (Å²) in [7, 11) is -4.26. The summed E-state index contributed by atoms with van der Waals surface area (Å²) in [5.41, 5.74) is -0.0348. The Balaban J connectivity index is 1.24. The minimum absolute atomic E-state index is 0.00773. The van der Waals surface area contributed by atoms with Gasteiger partial charge in [0.1, 0.15) is 9.78 Å². The molecule has 16 heteroatoms. The van der Waals surface area contributed by atoms with Crippen molar-refractivity contribution in [3.05, 3.63) is 63.6 Å². The largest absolute Gasteiger partial charge is 0.480 e. The van der Waals surface area contributed by atoms with E-state index in [0.29, 0.717) is 43.1 Å². The number of oxime groups is 1. The molecule has 11 nitrogen and oxygen atoms in total. The molecule has 1 saturated heterocycles. The number of alkyl halides is 3. The maximum atomic E-state index is 13.2. The van der Waals surface area contributed by atoms with Gasteiger partial charge in [-0.3, -0.25) is 14.5 Å². The van der Waals surface area contributed by atoms with E-state index in [1.54, 1.807) is 24.3 Å². The van der Waals surface area contributed by atoms with Gasteiger partial charge in [0.25, 0.3) is 0 Å². The molecule has 3 N–H and O–H groups in total. The van der Waals surface area contributed by atoms with Crippen molar-refractivity contribution in [1.82, 2.24) is 9.62 Å². The van der Waals surface area contributed by atoms with Crippen molar-refractivity contribution in [2.45, 2.75) is 30.5 Å². The molecular weight excluding hydrogens is 601 g/mol. The SMILES string of the molecule is O=C(CN1CCOCC1)Nc1cccc(C2CC2(NS(=O)(=O)C2=CC=C(C3=NOC(C(F)(F)F)=CC3)CS2)C(=O)O)c1. The number of amides is 1. The lowest BCUT2D eigenvalue weighted by atomic mass is 10.1. The van der Waals surface area contributed by atoms with E-state index in [9.17, 15) is 36.3 Å². The molecule has 1 saturated carbocycles. The number of nitrogens with zero attached hydrogens (tertiary/aromatic N) is 2. The second-order valence-corrected chi connectivity index (χ2v) is 13.0. The van der Waals surface area contributed by atoms with Crippen LogP contribution in [0.1, 0.15) is 24.3 Å². The summed E-state index contributed by atoms with van der Waals surface area (Å²) in [5, 5.41) is 16.3. The smallest absolute Gasteiger partial charge is 0.452 e. The van der Waals surface area contributed by atoms with Crippen molar-refractivity contribution in [1.29, 1.82) is 0 Å². The highest BCUT2D eigenvalue weighted by atomic mass is 32.3. The molecule has 4 aliphatic rings. The number of carbonyl (C=O) groups excluding carboxylic acids is 1. The highest BCUT2D eigenvalue weighted by Crippen LogP contribution is 2.53. The van der Waals surface area contributed by atoms with E-state index in [1.165, 1.54) is 12.2 Å². The van der Waals surface area contributed by atoms with Crippen molar-refractivity contribution >= 4 is 45.1 Å². The van der Waals surface area contributed by atoms with Crippen LogP contribution in [-0.2, 0) is 29.2 Å². The van der Waals surface area contributed by atoms with Gasteiger partial charge in [-0.15, -0.1) is 11.8 Å². The molecule has 0 spiro atoms. The molecule has 2 fully saturated rings. The van der Waals surface area contributed by atoms with E-state index in [1.807, 2.05) is 4.90 Å². The van der Waals surface area contributed by atoms with Gasteiger partial charge in [0, 0.05) is 36.9 Å². The van der Waals surface area contributed by atoms with E-state index in [4.69, 9.17) is 4.74 Å². The van der Waals surface area contributed by atoms with Crippen LogP contribution in [0, 0.1) is 0 Å². The number of sulfonamides is 1. The standard InChI is InChI=1S/C26H27F3N4O7S2/c27-26(28,29)21-6-5-20(31-40-21)17-4-7-23(41-15-17)42(37,38)32-25(24(35)36)13-19(25)16-2-1-3-18(12-16)30-22(34)14-33-8-10-39-11-9-33/h1-4,6-7,12,19,32H,5,8-11,13-15H2,(H,30,34)(H,35,36). The maximum Gasteiger partial charge on any atom is 0.452 e. The predicted octanol–water partition coefficient (Wildman–Crippen LogP) is 2.92. The summed E-state index contributed by atoms with van der Waals surface area (Å²) in [6.07, 6.45) is -1.24. The van der Waals surface area contributed by atoms with E-state index in [-0.39, 0.29) is 41.0 Å². The molecule has 0 bridgehead atoms. The Morgan fingerprint density at radius 2 is 1.98 bits per heavy atom. The van der Waals surface area contributed by atoms with Crippen LogP contribution in [0.25, 0.3) is 0 Å². The fourth-order valence-corrected chi connectivity index (χ4v) is 7.62. The van der Waals surface area contributed by atoms with Crippen LogP contribution in [0.4, 0.5) is 18.9 Å². The second kappa shape index (κ2) is 11.8. The summed E-state index contributed by atoms with van der Waals surface area (Å²) < 4.78 is 72.2. The Morgan fingerprint density at radius 3 is 2.60 bits per heavy atom. The zero-order valence-corrected chi connectivity index (χ0v) is 23.7. The molecule has 42 heavy (non-hydrogen) atoms. The van der Waals surface area contributed by atoms with Crippen LogP contribution in [-0.4, -0.2) is 86.3 Å². The van der Waals surface area contributed by atoms with Gasteiger partial charge in [-0.05, 0) is 41.8 Å². The number of carboxylic acids is 1. The van der Waals surface area contributed by atoms with Crippen LogP contribution < -0.4 is 10.0 Å². The first kappa shape index (κ1) is 30.3. The molecule has 226 valence electrons. The van der Waals surface area contributed by atoms with Crippen molar-refractivity contribution in [2.75, 3.05) is 43.9 Å². The van der Waals surface area contributed by atoms with Crippen molar-refractivity contribution in [3.63, 3.8) is 0 Å². The maximum absolute atomic E-state index is 13.2. The molecule has 0 aromatic heterocycles. The number of hydrogen-bond acceptors (Lipinski definition) is 9. The Hall–Kier alpha value is -3.18. The van der Waals surface area contributed by atoms with Gasteiger partial charge in [0.2, 0.25) is 21.7 Å². The number of halogens is 3. The Morgan fingerprint density at radius 1 is 1.21 bits per heavy atom. The number of aliphatic carboxylic acids is 1. The van der Waals surface area contributed by atoms with Crippen LogP contribution in [0.3, 0.4) is 0 Å². The number of benzene rings is 1. The highest BCUT2D eigenvalue weighted by molar-refractivity contribution is 8.18. The van der Waals surface area contributed by atoms with E-state index < -0.39 is 39.4 Å². The van der Waals surface area contributed by atoms with Gasteiger partial charge in [-0.25, -0.2) is 8.42 Å². The summed E-state index contributed by atoms with van der Waals surface area (Å²) >= 11 is 0.890. The second-order valence-electron chi connectivity index (χ2n) is 10.1. The zero-order valence-electron chi connectivity index (χ0n) is 22.0. The number of ether oxygens (including phenoxy) is 1. The molecule has 1 aromatic carbocycles. The molecule has 2 atom stereocenters. The van der Waals surface area contributed by atoms with E-state index in [0.717, 1.165) is 17.8 Å². The average Bonchev–Trinajstić information content (AvgIpc) is 3.68. The third kappa shape index (κ3) is 6.72. The predicted molar refractivity (Wildman–Crippen MR) is 148 cm³/mol. The molecule has 5 rings (SSSR count). The molecule has 1 aliphatic carbocycles. The van der Waals surface area contributed by atoms with E-state index in [2.05, 4.69) is 20.0 Å². The van der Waals surface area contributed by atoms with E-state index >= 15 is 0 Å². The number of rotatable bonds is 9. The summed E-state index contributed by atoms with van der Waals surface area (Å²) in [5.74, 6) is -3.37. The number of thioether (sulfide) groups is 1. The Kier molecular flexibility index (Phi) is 8.53. The van der Waals surface area contributed by atoms with Crippen LogP contribution in [0.5, 0.6) is 0 Å². The van der Waals surface area contributed by atoms with Crippen molar-refractivity contribution in [2.24, 2.45) is 5.16 Å². The minimum Gasteiger partial charge on any atom is -0.480 e. The van der Waals surface area contributed by atoms with Gasteiger partial charge in [-0.2, -0.15) is 17.9 Å². The van der Waals surface area contributed by atoms with Crippen LogP contribution in [0.15, 0.2) is 63.2 Å². The first-order valence-corrected chi connectivity index (χ1v) is 15.4. The average molecular weight is 629 g/mol. The third-order valence-electron chi connectivity index (χ3n) is 7.14. The minimum atomic E-state index is -4.66. The lowest BCUT2D eigenvalue weighted by Crippen LogP contribution is -2.44. The number of allylic oxidation sites excluding steroid dienone is 4. The first-order chi connectivity index (χ1) is 19.9. The highest BCUT2D eigenvalue weighted by Gasteiger charge is 2.63. The summed E-state index contributed by atoms with van der Waals surface area (Å²) in [6.45, 7) is 2.58. The number of morpholine rings is 1. The third-order valence-corrected chi connectivity index (χ3v) is 10.3. The molecule has 3 aliphatic heterocycles. The molecule has 3 heterocycles. The number of carboxylic acid groups (broad SMARTS) is 1. The van der Waals surface area contributed by atoms with Gasteiger partial charge in [0.05, 0.1) is 25.5 Å². The summed E-state index contributed by atoms with van der Waals surface area (Å²) in [6, 6.07) is 6.65. The van der Waals surface area contributed by atoms with Crippen molar-refractivity contribution < 1.29 is 45.9 Å². The molecular formula is C26H27F3N4O7S2. The number of anilines is 1. The quantitative estimate of drug-likeness (QED) is 0.376. The number of nitrogens with one attached hydrogen (secondary N) is 2. The first-order valence-electron chi connectivity index (χ1n) is 12.9. The van der Waals surface area contributed by atoms with Gasteiger partial charge < -0.3 is 20.0 Å².